The van der Waals surface area contributed by atoms with Gasteiger partial charge in [0.05, 0.1) is 16.8 Å². The number of benzene rings is 2. The highest BCUT2D eigenvalue weighted by molar-refractivity contribution is 7.15. The maximum atomic E-state index is 13.1. The molecule has 52 heavy (non-hydrogen) atoms. The number of amides is 3. The standard InChI is InChI=1S/C38H30ClN9O3S/c1-22-31(52-38-34(22)35(25-10-12-26(39)13-11-25)40-19-32-44-42-23(2)48(32)38)16-14-27-20-46(45-43-27)18-5-3-4-7-24-8-6-9-28-29(24)21-47(37(28)51)30-15-17-33(49)41-36(30)50/h6,8-13,20,30H,3,5,15,17-19,21H2,1-2H3,(H,41,49,50). The third-order valence-corrected chi connectivity index (χ3v) is 10.7. The predicted octanol–water partition coefficient (Wildman–Crippen LogP) is 4.53. The second-order valence-corrected chi connectivity index (χ2v) is 14.1. The number of unbranched alkanes of at least 4 members (excludes halogenated alkanes) is 1. The third-order valence-electron chi connectivity index (χ3n) is 9.29. The van der Waals surface area contributed by atoms with Crippen LogP contribution in [0.5, 0.6) is 0 Å². The highest BCUT2D eigenvalue weighted by Crippen LogP contribution is 2.36. The number of nitrogens with zero attached hydrogens (tertiary/aromatic N) is 8. The van der Waals surface area contributed by atoms with Gasteiger partial charge in [-0.3, -0.25) is 33.9 Å². The van der Waals surface area contributed by atoms with Gasteiger partial charge >= 0.3 is 0 Å². The largest absolute Gasteiger partial charge is 0.322 e. The molecule has 1 fully saturated rings. The molecule has 3 amide bonds. The Balaban J connectivity index is 0.941. The van der Waals surface area contributed by atoms with E-state index >= 15 is 0 Å². The molecule has 0 bridgehead atoms. The summed E-state index contributed by atoms with van der Waals surface area (Å²) in [6, 6.07) is 12.5. The van der Waals surface area contributed by atoms with Crippen LogP contribution in [0.25, 0.3) is 5.00 Å². The minimum absolute atomic E-state index is 0.209. The van der Waals surface area contributed by atoms with Gasteiger partial charge in [-0.25, -0.2) is 0 Å². The normalized spacial score (nSPS) is 16.1. The van der Waals surface area contributed by atoms with Crippen LogP contribution in [0.4, 0.5) is 0 Å². The van der Waals surface area contributed by atoms with E-state index in [0.717, 1.165) is 61.5 Å². The Kier molecular flexibility index (Phi) is 8.75. The number of carbonyl (C=O) groups is 3. The SMILES string of the molecule is Cc1c(C#Cc2cn(CCCC#Cc3cccc4c3CN(C3CCC(=O)NC3=O)C4=O)nn2)sc2c1C(c1ccc(Cl)cc1)=NCc1nnc(C)n1-2. The zero-order chi connectivity index (χ0) is 35.9. The molecule has 12 nitrogen and oxygen atoms in total. The molecule has 8 rings (SSSR count). The molecule has 3 aromatic heterocycles. The van der Waals surface area contributed by atoms with Crippen molar-refractivity contribution in [3.63, 3.8) is 0 Å². The van der Waals surface area contributed by atoms with Crippen molar-refractivity contribution >= 4 is 46.4 Å². The van der Waals surface area contributed by atoms with Crippen LogP contribution >= 0.6 is 22.9 Å². The molecule has 1 N–H and O–H groups in total. The molecule has 0 radical (unpaired) electrons. The Bertz CT molecular complexity index is 2450. The number of aryl methyl sites for hydroxylation is 2. The highest BCUT2D eigenvalue weighted by atomic mass is 35.5. The molecular weight excluding hydrogens is 698 g/mol. The molecule has 6 heterocycles. The lowest BCUT2D eigenvalue weighted by atomic mass is 10.00. The van der Waals surface area contributed by atoms with Crippen LogP contribution in [-0.4, -0.2) is 64.1 Å². The lowest BCUT2D eigenvalue weighted by Gasteiger charge is -2.29. The van der Waals surface area contributed by atoms with Crippen molar-refractivity contribution in [1.82, 2.24) is 40.0 Å². The fourth-order valence-electron chi connectivity index (χ4n) is 6.67. The quantitative estimate of drug-likeness (QED) is 0.159. The molecular formula is C38H30ClN9O3S. The van der Waals surface area contributed by atoms with Crippen molar-refractivity contribution in [2.45, 2.75) is 65.2 Å². The number of hydrogen-bond donors (Lipinski definition) is 1. The van der Waals surface area contributed by atoms with Gasteiger partial charge in [0.15, 0.2) is 11.5 Å². The summed E-state index contributed by atoms with van der Waals surface area (Å²) in [5.74, 6) is 13.6. The summed E-state index contributed by atoms with van der Waals surface area (Å²) in [7, 11) is 0. The second kappa shape index (κ2) is 13.7. The molecule has 2 aromatic carbocycles. The number of piperidine rings is 1. The van der Waals surface area contributed by atoms with Gasteiger partial charge < -0.3 is 4.90 Å². The topological polar surface area (TPSA) is 140 Å². The minimum Gasteiger partial charge on any atom is -0.322 e. The van der Waals surface area contributed by atoms with Gasteiger partial charge in [0.2, 0.25) is 11.8 Å². The van der Waals surface area contributed by atoms with Gasteiger partial charge in [-0.1, -0.05) is 46.9 Å². The van der Waals surface area contributed by atoms with Crippen molar-refractivity contribution in [2.75, 3.05) is 0 Å². The van der Waals surface area contributed by atoms with Crippen molar-refractivity contribution in [3.05, 3.63) is 109 Å². The summed E-state index contributed by atoms with van der Waals surface area (Å²) in [5, 5.41) is 21.2. The minimum atomic E-state index is -0.658. The lowest BCUT2D eigenvalue weighted by molar-refractivity contribution is -0.136. The van der Waals surface area contributed by atoms with Crippen LogP contribution in [-0.2, 0) is 29.2 Å². The summed E-state index contributed by atoms with van der Waals surface area (Å²) in [6.07, 6.45) is 3.71. The highest BCUT2D eigenvalue weighted by Gasteiger charge is 2.39. The monoisotopic (exact) mass is 727 g/mol. The van der Waals surface area contributed by atoms with E-state index in [0.29, 0.717) is 48.8 Å². The van der Waals surface area contributed by atoms with E-state index < -0.39 is 11.9 Å². The summed E-state index contributed by atoms with van der Waals surface area (Å²) in [4.78, 5) is 44.5. The first-order valence-corrected chi connectivity index (χ1v) is 18.0. The molecule has 1 unspecified atom stereocenters. The molecule has 3 aliphatic heterocycles. The van der Waals surface area contributed by atoms with E-state index in [1.165, 1.54) is 0 Å². The molecule has 5 aromatic rings. The Labute approximate surface area is 307 Å². The summed E-state index contributed by atoms with van der Waals surface area (Å²) >= 11 is 7.77. The Morgan fingerprint density at radius 1 is 1.02 bits per heavy atom. The molecule has 0 saturated carbocycles. The summed E-state index contributed by atoms with van der Waals surface area (Å²) in [6.45, 7) is 5.31. The van der Waals surface area contributed by atoms with Gasteiger partial charge in [0.1, 0.15) is 23.4 Å². The molecule has 258 valence electrons. The van der Waals surface area contributed by atoms with Crippen molar-refractivity contribution in [3.8, 4) is 28.7 Å². The van der Waals surface area contributed by atoms with E-state index in [1.807, 2.05) is 43.5 Å². The van der Waals surface area contributed by atoms with Gasteiger partial charge in [-0.05, 0) is 73.9 Å². The van der Waals surface area contributed by atoms with Gasteiger partial charge in [-0.15, -0.1) is 26.6 Å². The maximum absolute atomic E-state index is 13.1. The smallest absolute Gasteiger partial charge is 0.255 e. The van der Waals surface area contributed by atoms with Crippen molar-refractivity contribution in [1.29, 1.82) is 0 Å². The van der Waals surface area contributed by atoms with Crippen molar-refractivity contribution < 1.29 is 14.4 Å². The van der Waals surface area contributed by atoms with Gasteiger partial charge in [-0.2, -0.15) is 0 Å². The van der Waals surface area contributed by atoms with Gasteiger partial charge in [0.25, 0.3) is 5.91 Å². The van der Waals surface area contributed by atoms with Crippen LogP contribution in [0.15, 0.2) is 53.7 Å². The lowest BCUT2D eigenvalue weighted by Crippen LogP contribution is -2.52. The maximum Gasteiger partial charge on any atom is 0.255 e. The van der Waals surface area contributed by atoms with Crippen LogP contribution in [0.3, 0.4) is 0 Å². The van der Waals surface area contributed by atoms with E-state index in [1.54, 1.807) is 33.1 Å². The van der Waals surface area contributed by atoms with Crippen LogP contribution in [0.1, 0.15) is 86.1 Å². The Morgan fingerprint density at radius 2 is 1.87 bits per heavy atom. The van der Waals surface area contributed by atoms with Crippen molar-refractivity contribution in [2.24, 2.45) is 4.99 Å². The zero-order valence-electron chi connectivity index (χ0n) is 28.2. The summed E-state index contributed by atoms with van der Waals surface area (Å²) in [5.41, 5.74) is 6.55. The molecule has 1 saturated heterocycles. The average Bonchev–Trinajstić information content (AvgIpc) is 3.88. The zero-order valence-corrected chi connectivity index (χ0v) is 29.8. The van der Waals surface area contributed by atoms with E-state index in [2.05, 4.69) is 61.0 Å². The first-order chi connectivity index (χ1) is 25.2. The summed E-state index contributed by atoms with van der Waals surface area (Å²) < 4.78 is 3.82. The molecule has 0 aliphatic carbocycles. The number of aliphatic imine (C=N–C) groups is 1. The second-order valence-electron chi connectivity index (χ2n) is 12.7. The first-order valence-electron chi connectivity index (χ1n) is 16.8. The first kappa shape index (κ1) is 33.3. The average molecular weight is 728 g/mol. The number of nitrogens with one attached hydrogen (secondary N) is 1. The molecule has 0 spiro atoms. The number of aromatic nitrogens is 6. The Hall–Kier alpha value is -5.89. The number of rotatable bonds is 5. The van der Waals surface area contributed by atoms with Crippen LogP contribution < -0.4 is 5.32 Å². The third kappa shape index (κ3) is 6.19. The molecule has 1 atom stereocenters. The molecule has 3 aliphatic rings. The fraction of sp³-hybridized carbons (Fsp3) is 0.263. The van der Waals surface area contributed by atoms with Gasteiger partial charge in [0, 0.05) is 53.2 Å². The number of fused-ring (bicyclic) bond motifs is 4. The van der Waals surface area contributed by atoms with E-state index in [4.69, 9.17) is 16.6 Å². The number of thiophene rings is 1. The predicted molar refractivity (Wildman–Crippen MR) is 194 cm³/mol. The Morgan fingerprint density at radius 3 is 2.69 bits per heavy atom. The number of halogens is 1. The number of carbonyl (C=O) groups excluding carboxylic acids is 3. The number of hydrogen-bond acceptors (Lipinski definition) is 9. The van der Waals surface area contributed by atoms with E-state index in [9.17, 15) is 14.4 Å². The molecule has 14 heteroatoms. The fourth-order valence-corrected chi connectivity index (χ4v) is 8.03. The van der Waals surface area contributed by atoms with Crippen LogP contribution in [0.2, 0.25) is 5.02 Å². The number of imide groups is 1. The van der Waals surface area contributed by atoms with E-state index in [-0.39, 0.29) is 18.2 Å². The van der Waals surface area contributed by atoms with Crippen LogP contribution in [0, 0.1) is 37.5 Å².